The Morgan fingerprint density at radius 3 is 2.20 bits per heavy atom. The Labute approximate surface area is 149 Å². The molecule has 0 aliphatic carbocycles. The summed E-state index contributed by atoms with van der Waals surface area (Å²) in [6, 6.07) is 10.6. The smallest absolute Gasteiger partial charge is 0.311 e. The topological polar surface area (TPSA) is 40.5 Å². The maximum absolute atomic E-state index is 13.4. The van der Waals surface area contributed by atoms with Gasteiger partial charge >= 0.3 is 5.97 Å². The summed E-state index contributed by atoms with van der Waals surface area (Å²) in [6.07, 6.45) is 0. The molecule has 1 heterocycles. The first-order chi connectivity index (χ1) is 11.8. The number of rotatable bonds is 5. The molecule has 2 unspecified atom stereocenters. The summed E-state index contributed by atoms with van der Waals surface area (Å²) in [5.41, 5.74) is 1.26. The summed E-state index contributed by atoms with van der Waals surface area (Å²) in [7, 11) is 0. The van der Waals surface area contributed by atoms with Crippen molar-refractivity contribution in [2.45, 2.75) is 18.9 Å². The van der Waals surface area contributed by atoms with Gasteiger partial charge < -0.3 is 5.11 Å². The van der Waals surface area contributed by atoms with Gasteiger partial charge in [0.05, 0.1) is 5.92 Å². The average Bonchev–Trinajstić information content (AvgIpc) is 2.49. The standard InChI is InChI=1S/C19H18ClF2NO2/c1-11(12-2-4-15(20)5-3-12)23-9-14(10-23)18(19(24)25)13-6-16(21)8-17(22)7-13/h2-8,11,14,18H,9-10H2,1H3,(H,24,25). The first kappa shape index (κ1) is 17.8. The van der Waals surface area contributed by atoms with E-state index in [0.29, 0.717) is 18.1 Å². The number of likely N-dealkylation sites (tertiary alicyclic amines) is 1. The van der Waals surface area contributed by atoms with Crippen molar-refractivity contribution in [1.82, 2.24) is 4.90 Å². The lowest BCUT2D eigenvalue weighted by Crippen LogP contribution is -2.51. The molecule has 1 saturated heterocycles. The Hall–Kier alpha value is -1.98. The molecule has 2 atom stereocenters. The van der Waals surface area contributed by atoms with E-state index in [2.05, 4.69) is 4.90 Å². The van der Waals surface area contributed by atoms with E-state index in [1.54, 1.807) is 0 Å². The molecule has 3 rings (SSSR count). The molecule has 2 aromatic rings. The van der Waals surface area contributed by atoms with Crippen LogP contribution in [0.1, 0.15) is 30.0 Å². The molecule has 0 spiro atoms. The van der Waals surface area contributed by atoms with Crippen LogP contribution in [0.5, 0.6) is 0 Å². The predicted octanol–water partition coefficient (Wildman–Crippen LogP) is 4.48. The van der Waals surface area contributed by atoms with Gasteiger partial charge in [0.1, 0.15) is 11.6 Å². The number of carboxylic acid groups (broad SMARTS) is 1. The molecule has 0 amide bonds. The quantitative estimate of drug-likeness (QED) is 0.849. The zero-order chi connectivity index (χ0) is 18.1. The minimum Gasteiger partial charge on any atom is -0.481 e. The van der Waals surface area contributed by atoms with Gasteiger partial charge in [-0.3, -0.25) is 9.69 Å². The fourth-order valence-corrected chi connectivity index (χ4v) is 3.53. The highest BCUT2D eigenvalue weighted by Gasteiger charge is 2.40. The van der Waals surface area contributed by atoms with Gasteiger partial charge in [0.25, 0.3) is 0 Å². The van der Waals surface area contributed by atoms with E-state index in [1.807, 2.05) is 31.2 Å². The van der Waals surface area contributed by atoms with E-state index >= 15 is 0 Å². The first-order valence-electron chi connectivity index (χ1n) is 8.03. The van der Waals surface area contributed by atoms with Crippen molar-refractivity contribution >= 4 is 17.6 Å². The van der Waals surface area contributed by atoms with Gasteiger partial charge in [0.2, 0.25) is 0 Å². The van der Waals surface area contributed by atoms with Crippen LogP contribution < -0.4 is 0 Å². The van der Waals surface area contributed by atoms with E-state index in [1.165, 1.54) is 0 Å². The van der Waals surface area contributed by atoms with Crippen LogP contribution in [-0.2, 0) is 4.79 Å². The lowest BCUT2D eigenvalue weighted by atomic mass is 9.80. The number of carboxylic acids is 1. The molecule has 1 aliphatic rings. The van der Waals surface area contributed by atoms with Crippen molar-refractivity contribution in [3.63, 3.8) is 0 Å². The van der Waals surface area contributed by atoms with Crippen molar-refractivity contribution in [2.75, 3.05) is 13.1 Å². The molecule has 0 aromatic heterocycles. The van der Waals surface area contributed by atoms with E-state index < -0.39 is 23.5 Å². The average molecular weight is 366 g/mol. The minimum absolute atomic E-state index is 0.118. The molecular formula is C19H18ClF2NO2. The van der Waals surface area contributed by atoms with Crippen molar-refractivity contribution in [1.29, 1.82) is 0 Å². The van der Waals surface area contributed by atoms with Crippen molar-refractivity contribution in [2.24, 2.45) is 5.92 Å². The first-order valence-corrected chi connectivity index (χ1v) is 8.41. The Morgan fingerprint density at radius 1 is 1.12 bits per heavy atom. The Balaban J connectivity index is 1.72. The summed E-state index contributed by atoms with van der Waals surface area (Å²) in [6.45, 7) is 3.15. The van der Waals surface area contributed by atoms with E-state index in [9.17, 15) is 18.7 Å². The van der Waals surface area contributed by atoms with Crippen LogP contribution in [0.25, 0.3) is 0 Å². The zero-order valence-corrected chi connectivity index (χ0v) is 14.4. The van der Waals surface area contributed by atoms with Gasteiger partial charge in [-0.15, -0.1) is 0 Å². The van der Waals surface area contributed by atoms with Crippen LogP contribution >= 0.6 is 11.6 Å². The van der Waals surface area contributed by atoms with Crippen LogP contribution in [-0.4, -0.2) is 29.1 Å². The highest BCUT2D eigenvalue weighted by molar-refractivity contribution is 6.30. The van der Waals surface area contributed by atoms with Crippen molar-refractivity contribution < 1.29 is 18.7 Å². The number of hydrogen-bond donors (Lipinski definition) is 1. The summed E-state index contributed by atoms with van der Waals surface area (Å²) in [4.78, 5) is 13.8. The number of carbonyl (C=O) groups is 1. The van der Waals surface area contributed by atoms with Crippen LogP contribution in [0.3, 0.4) is 0 Å². The fourth-order valence-electron chi connectivity index (χ4n) is 3.40. The molecule has 2 aromatic carbocycles. The second kappa shape index (κ2) is 7.10. The highest BCUT2D eigenvalue weighted by Crippen LogP contribution is 2.37. The van der Waals surface area contributed by atoms with Crippen molar-refractivity contribution in [3.8, 4) is 0 Å². The molecule has 1 fully saturated rings. The van der Waals surface area contributed by atoms with Gasteiger partial charge in [-0.25, -0.2) is 8.78 Å². The van der Waals surface area contributed by atoms with Gasteiger partial charge in [-0.2, -0.15) is 0 Å². The van der Waals surface area contributed by atoms with Crippen LogP contribution in [0, 0.1) is 17.6 Å². The van der Waals surface area contributed by atoms with Gasteiger partial charge in [-0.05, 0) is 42.3 Å². The normalized spacial score (nSPS) is 17.8. The Kier molecular flexibility index (Phi) is 5.06. The molecule has 1 aliphatic heterocycles. The van der Waals surface area contributed by atoms with Crippen molar-refractivity contribution in [3.05, 3.63) is 70.2 Å². The second-order valence-electron chi connectivity index (χ2n) is 6.46. The van der Waals surface area contributed by atoms with Gasteiger partial charge in [0.15, 0.2) is 0 Å². The summed E-state index contributed by atoms with van der Waals surface area (Å²) >= 11 is 5.90. The second-order valence-corrected chi connectivity index (χ2v) is 6.90. The van der Waals surface area contributed by atoms with Crippen LogP contribution in [0.2, 0.25) is 5.02 Å². The Bertz CT molecular complexity index is 755. The lowest BCUT2D eigenvalue weighted by Gasteiger charge is -2.45. The SMILES string of the molecule is CC(c1ccc(Cl)cc1)N1CC(C(C(=O)O)c2cc(F)cc(F)c2)C1. The van der Waals surface area contributed by atoms with E-state index in [-0.39, 0.29) is 17.5 Å². The molecule has 1 N–H and O–H groups in total. The lowest BCUT2D eigenvalue weighted by molar-refractivity contribution is -0.142. The summed E-state index contributed by atoms with van der Waals surface area (Å²) in [5, 5.41) is 10.2. The summed E-state index contributed by atoms with van der Waals surface area (Å²) < 4.78 is 26.9. The molecule has 3 nitrogen and oxygen atoms in total. The van der Waals surface area contributed by atoms with Gasteiger partial charge in [-0.1, -0.05) is 23.7 Å². The zero-order valence-electron chi connectivity index (χ0n) is 13.6. The summed E-state index contributed by atoms with van der Waals surface area (Å²) in [5.74, 6) is -3.68. The third-order valence-corrected chi connectivity index (χ3v) is 5.07. The van der Waals surface area contributed by atoms with Crippen LogP contribution in [0.4, 0.5) is 8.78 Å². The monoisotopic (exact) mass is 365 g/mol. The van der Waals surface area contributed by atoms with Gasteiger partial charge in [0, 0.05) is 36.1 Å². The maximum atomic E-state index is 13.4. The molecule has 6 heteroatoms. The number of hydrogen-bond acceptors (Lipinski definition) is 2. The third kappa shape index (κ3) is 3.83. The third-order valence-electron chi connectivity index (χ3n) is 4.82. The molecule has 0 radical (unpaired) electrons. The van der Waals surface area contributed by atoms with E-state index in [0.717, 1.165) is 23.8 Å². The molecule has 0 saturated carbocycles. The molecule has 0 bridgehead atoms. The largest absolute Gasteiger partial charge is 0.481 e. The minimum atomic E-state index is -1.06. The predicted molar refractivity (Wildman–Crippen MR) is 91.7 cm³/mol. The Morgan fingerprint density at radius 2 is 1.68 bits per heavy atom. The fraction of sp³-hybridized carbons (Fsp3) is 0.316. The molecule has 25 heavy (non-hydrogen) atoms. The number of benzene rings is 2. The molecule has 132 valence electrons. The number of halogens is 3. The maximum Gasteiger partial charge on any atom is 0.311 e. The number of aliphatic carboxylic acids is 1. The number of nitrogens with zero attached hydrogens (tertiary/aromatic N) is 1. The van der Waals surface area contributed by atoms with Crippen LogP contribution in [0.15, 0.2) is 42.5 Å². The molecular weight excluding hydrogens is 348 g/mol. The van der Waals surface area contributed by atoms with E-state index in [4.69, 9.17) is 11.6 Å². The highest BCUT2D eigenvalue weighted by atomic mass is 35.5.